The van der Waals surface area contributed by atoms with Gasteiger partial charge in [0.1, 0.15) is 6.61 Å². The van der Waals surface area contributed by atoms with Gasteiger partial charge in [0.2, 0.25) is 5.69 Å². The monoisotopic (exact) mass is 567 g/mol. The predicted octanol–water partition coefficient (Wildman–Crippen LogP) is 1.98. The fourth-order valence-electron chi connectivity index (χ4n) is 4.77. The summed E-state index contributed by atoms with van der Waals surface area (Å²) in [5.74, 6) is 4.21. The molecule has 4 aromatic rings. The van der Waals surface area contributed by atoms with E-state index in [9.17, 15) is 0 Å². The Bertz CT molecular complexity index is 1440. The normalized spacial score (nSPS) is 11.6. The fourth-order valence-corrected chi connectivity index (χ4v) is 4.77. The van der Waals surface area contributed by atoms with Gasteiger partial charge in [0.25, 0.3) is 0 Å². The van der Waals surface area contributed by atoms with E-state index >= 15 is 0 Å². The molecule has 0 saturated carbocycles. The van der Waals surface area contributed by atoms with Crippen LogP contribution >= 0.6 is 0 Å². The molecule has 37 heavy (non-hydrogen) atoms. The molecule has 1 aliphatic heterocycles. The molecule has 0 N–H and O–H groups in total. The first-order valence-electron chi connectivity index (χ1n) is 11.7. The maximum Gasteiger partial charge on any atom is 0.213 e. The Hall–Kier alpha value is -3.65. The Kier molecular flexibility index (Phi) is 7.97. The summed E-state index contributed by atoms with van der Waals surface area (Å²) in [4.78, 5) is 0. The lowest BCUT2D eigenvalue weighted by Crippen LogP contribution is -3.00. The van der Waals surface area contributed by atoms with Crippen molar-refractivity contribution in [2.24, 2.45) is 0 Å². The quantitative estimate of drug-likeness (QED) is 0.303. The Morgan fingerprint density at radius 1 is 0.703 bits per heavy atom. The zero-order valence-electron chi connectivity index (χ0n) is 21.6. The zero-order valence-corrected chi connectivity index (χ0v) is 23.2. The van der Waals surface area contributed by atoms with Crippen LogP contribution in [0.4, 0.5) is 0 Å². The molecule has 0 radical (unpaired) electrons. The van der Waals surface area contributed by atoms with Crippen LogP contribution in [0.1, 0.15) is 11.1 Å². The molecule has 5 rings (SSSR count). The van der Waals surface area contributed by atoms with Gasteiger partial charge in [-0.05, 0) is 52.9 Å². The van der Waals surface area contributed by atoms with E-state index in [0.717, 1.165) is 52.1 Å². The minimum absolute atomic E-state index is 0. The molecule has 3 aromatic carbocycles. The molecule has 0 amide bonds. The molecule has 0 unspecified atom stereocenters. The van der Waals surface area contributed by atoms with E-state index in [2.05, 4.69) is 35.0 Å². The summed E-state index contributed by atoms with van der Waals surface area (Å²) in [6, 6.07) is 16.1. The number of halogens is 1. The van der Waals surface area contributed by atoms with Gasteiger partial charge in [-0.1, -0.05) is 6.07 Å². The summed E-state index contributed by atoms with van der Waals surface area (Å²) in [6.07, 6.45) is 3.04. The van der Waals surface area contributed by atoms with Gasteiger partial charge in [-0.25, -0.2) is 0 Å². The molecule has 1 aromatic heterocycles. The molecule has 0 bridgehead atoms. The maximum absolute atomic E-state index is 6.36. The van der Waals surface area contributed by atoms with Gasteiger partial charge < -0.3 is 45.4 Å². The highest BCUT2D eigenvalue weighted by atomic mass is 79.9. The van der Waals surface area contributed by atoms with Crippen LogP contribution in [0, 0.1) is 0 Å². The first-order valence-corrected chi connectivity index (χ1v) is 11.7. The van der Waals surface area contributed by atoms with E-state index in [0.29, 0.717) is 29.6 Å². The van der Waals surface area contributed by atoms with Crippen LogP contribution in [-0.4, -0.2) is 35.5 Å². The van der Waals surface area contributed by atoms with Crippen LogP contribution in [-0.2, 0) is 19.6 Å². The number of nitrogens with zero attached hydrogens (tertiary/aromatic N) is 1. The van der Waals surface area contributed by atoms with Crippen molar-refractivity contribution in [2.75, 3.05) is 35.5 Å². The Morgan fingerprint density at radius 2 is 1.35 bits per heavy atom. The predicted molar refractivity (Wildman–Crippen MR) is 137 cm³/mol. The number of benzene rings is 3. The number of aryl methyl sites for hydroxylation is 2. The Morgan fingerprint density at radius 3 is 2.05 bits per heavy atom. The van der Waals surface area contributed by atoms with Crippen LogP contribution in [0.3, 0.4) is 0 Å². The molecule has 2 heterocycles. The smallest absolute Gasteiger partial charge is 0.213 e. The number of pyridine rings is 1. The van der Waals surface area contributed by atoms with E-state index in [1.54, 1.807) is 35.5 Å². The van der Waals surface area contributed by atoms with E-state index in [-0.39, 0.29) is 17.0 Å². The molecule has 194 valence electrons. The summed E-state index contributed by atoms with van der Waals surface area (Å²) < 4.78 is 36.2. The van der Waals surface area contributed by atoms with E-state index in [1.165, 1.54) is 5.56 Å². The third-order valence-corrected chi connectivity index (χ3v) is 6.64. The molecule has 0 spiro atoms. The molecule has 1 aliphatic rings. The maximum atomic E-state index is 6.36. The van der Waals surface area contributed by atoms with Crippen molar-refractivity contribution in [2.45, 2.75) is 19.6 Å². The van der Waals surface area contributed by atoms with Crippen molar-refractivity contribution in [1.82, 2.24) is 0 Å². The van der Waals surface area contributed by atoms with Gasteiger partial charge in [0.15, 0.2) is 47.2 Å². The van der Waals surface area contributed by atoms with Crippen LogP contribution in [0.25, 0.3) is 22.0 Å². The molecule has 0 fully saturated rings. The summed E-state index contributed by atoms with van der Waals surface area (Å²) in [5, 5.41) is 2.05. The second kappa shape index (κ2) is 11.2. The topological polar surface area (TPSA) is 59.3 Å². The second-order valence-electron chi connectivity index (χ2n) is 8.54. The van der Waals surface area contributed by atoms with Crippen molar-refractivity contribution in [3.63, 3.8) is 0 Å². The largest absolute Gasteiger partial charge is 1.00 e. The van der Waals surface area contributed by atoms with Gasteiger partial charge in [-0.3, -0.25) is 0 Å². The van der Waals surface area contributed by atoms with Gasteiger partial charge >= 0.3 is 0 Å². The van der Waals surface area contributed by atoms with Crippen LogP contribution in [0.15, 0.2) is 54.7 Å². The number of aromatic nitrogens is 1. The second-order valence-corrected chi connectivity index (χ2v) is 8.54. The highest BCUT2D eigenvalue weighted by Gasteiger charge is 2.27. The minimum atomic E-state index is 0. The van der Waals surface area contributed by atoms with Crippen LogP contribution in [0.2, 0.25) is 0 Å². The third-order valence-electron chi connectivity index (χ3n) is 6.64. The van der Waals surface area contributed by atoms with Gasteiger partial charge in [-0.15, -0.1) is 0 Å². The summed E-state index contributed by atoms with van der Waals surface area (Å²) >= 11 is 0. The van der Waals surface area contributed by atoms with Crippen LogP contribution in [0.5, 0.6) is 34.5 Å². The van der Waals surface area contributed by atoms with Gasteiger partial charge in [0.05, 0.1) is 46.5 Å². The average Bonchev–Trinajstić information content (AvgIpc) is 2.93. The molecule has 0 aliphatic carbocycles. The first-order chi connectivity index (χ1) is 17.6. The van der Waals surface area contributed by atoms with Crippen molar-refractivity contribution in [3.8, 4) is 45.8 Å². The molecule has 0 saturated heterocycles. The van der Waals surface area contributed by atoms with Crippen molar-refractivity contribution in [3.05, 3.63) is 65.9 Å². The van der Waals surface area contributed by atoms with Gasteiger partial charge in [-0.2, -0.15) is 4.57 Å². The molecule has 0 atom stereocenters. The Balaban J connectivity index is 0.00000320. The molecular weight excluding hydrogens is 538 g/mol. The number of methoxy groups -OCH3 is 5. The molecule has 8 heteroatoms. The third kappa shape index (κ3) is 4.85. The summed E-state index contributed by atoms with van der Waals surface area (Å²) in [5.41, 5.74) is 4.47. The minimum Gasteiger partial charge on any atom is -1.00 e. The lowest BCUT2D eigenvalue weighted by Gasteiger charge is -2.19. The lowest BCUT2D eigenvalue weighted by molar-refractivity contribution is -0.686. The number of ether oxygens (including phenoxy) is 6. The van der Waals surface area contributed by atoms with E-state index < -0.39 is 0 Å². The number of fused-ring (bicyclic) bond motifs is 4. The van der Waals surface area contributed by atoms with Crippen molar-refractivity contribution in [1.29, 1.82) is 0 Å². The van der Waals surface area contributed by atoms with Crippen molar-refractivity contribution >= 4 is 10.8 Å². The molecular formula is C29H30BrNO6. The highest BCUT2D eigenvalue weighted by molar-refractivity contribution is 5.91. The molecule has 7 nitrogen and oxygen atoms in total. The zero-order chi connectivity index (χ0) is 25.2. The van der Waals surface area contributed by atoms with Crippen molar-refractivity contribution < 1.29 is 50.0 Å². The summed E-state index contributed by atoms with van der Waals surface area (Å²) in [7, 11) is 8.24. The van der Waals surface area contributed by atoms with Crippen LogP contribution < -0.4 is 50.0 Å². The number of hydrogen-bond acceptors (Lipinski definition) is 6. The van der Waals surface area contributed by atoms with E-state index in [1.807, 2.05) is 24.3 Å². The fraction of sp³-hybridized carbons (Fsp3) is 0.276. The van der Waals surface area contributed by atoms with Gasteiger partial charge in [0, 0.05) is 12.5 Å². The average molecular weight is 568 g/mol. The standard InChI is InChI=1S/C29H30NO6.BrH/c1-31-24-8-6-18(12-26(24)33-3)17-36-29-22-16-30-11-10-20-14-27(34-4)28(35-5)15-21(20)23(30)13-19(22)7-9-25(29)32-2;/h6-9,12-16H,10-11,17H2,1-5H3;1H/q+1;/p-1. The lowest BCUT2D eigenvalue weighted by atomic mass is 9.95. The number of hydrogen-bond donors (Lipinski definition) is 0. The Labute approximate surface area is 227 Å². The number of rotatable bonds is 8. The van der Waals surface area contributed by atoms with E-state index in [4.69, 9.17) is 28.4 Å². The SMILES string of the molecule is COc1ccc(COc2c(OC)ccc3cc4[n+](cc23)CCc2cc(OC)c(OC)cc2-4)cc1OC.[Br-]. The summed E-state index contributed by atoms with van der Waals surface area (Å²) in [6.45, 7) is 1.21. The highest BCUT2D eigenvalue weighted by Crippen LogP contribution is 2.40. The first kappa shape index (κ1) is 26.4.